The normalized spacial score (nSPS) is 19.1. The zero-order chi connectivity index (χ0) is 14.1. The lowest BCUT2D eigenvalue weighted by Crippen LogP contribution is -2.45. The smallest absolute Gasteiger partial charge is 0.315 e. The summed E-state index contributed by atoms with van der Waals surface area (Å²) in [5.74, 6) is 0.844. The van der Waals surface area contributed by atoms with Gasteiger partial charge in [-0.25, -0.2) is 4.79 Å². The molecule has 0 aromatic rings. The summed E-state index contributed by atoms with van der Waals surface area (Å²) in [5.41, 5.74) is 0. The van der Waals surface area contributed by atoms with Crippen LogP contribution in [-0.4, -0.2) is 54.9 Å². The Balaban J connectivity index is 2.09. The van der Waals surface area contributed by atoms with Crippen molar-refractivity contribution in [2.45, 2.75) is 45.6 Å². The van der Waals surface area contributed by atoms with E-state index in [2.05, 4.69) is 22.5 Å². The number of amides is 2. The van der Waals surface area contributed by atoms with Crippen LogP contribution >= 0.6 is 0 Å². The lowest BCUT2D eigenvalue weighted by atomic mass is 9.99. The van der Waals surface area contributed by atoms with E-state index < -0.39 is 0 Å². The average Bonchev–Trinajstić information content (AvgIpc) is 2.40. The van der Waals surface area contributed by atoms with Gasteiger partial charge in [0.1, 0.15) is 0 Å². The number of nitrogens with one attached hydrogen (secondary N) is 2. The molecule has 1 heterocycles. The minimum atomic E-state index is -0.120. The first-order valence-corrected chi connectivity index (χ1v) is 7.53. The highest BCUT2D eigenvalue weighted by molar-refractivity contribution is 5.74. The lowest BCUT2D eigenvalue weighted by molar-refractivity contribution is 0.190. The minimum Gasteiger partial charge on any atom is -0.396 e. The quantitative estimate of drug-likeness (QED) is 0.651. The second-order valence-corrected chi connectivity index (χ2v) is 5.54. The topological polar surface area (TPSA) is 64.6 Å². The van der Waals surface area contributed by atoms with Gasteiger partial charge < -0.3 is 20.6 Å². The summed E-state index contributed by atoms with van der Waals surface area (Å²) in [7, 11) is 0. The third-order valence-corrected chi connectivity index (χ3v) is 3.90. The average molecular weight is 271 g/mol. The fourth-order valence-electron chi connectivity index (χ4n) is 2.38. The Kier molecular flexibility index (Phi) is 7.82. The summed E-state index contributed by atoms with van der Waals surface area (Å²) in [6.07, 6.45) is 3.99. The molecule has 0 aromatic heterocycles. The van der Waals surface area contributed by atoms with E-state index in [0.717, 1.165) is 32.0 Å². The van der Waals surface area contributed by atoms with Crippen LogP contribution in [0.25, 0.3) is 0 Å². The molecular weight excluding hydrogens is 242 g/mol. The van der Waals surface area contributed by atoms with Crippen LogP contribution in [0.3, 0.4) is 0 Å². The molecule has 1 aliphatic heterocycles. The molecule has 3 N–H and O–H groups in total. The van der Waals surface area contributed by atoms with E-state index in [-0.39, 0.29) is 18.7 Å². The maximum absolute atomic E-state index is 11.7. The molecule has 0 saturated carbocycles. The van der Waals surface area contributed by atoms with Gasteiger partial charge in [0.2, 0.25) is 0 Å². The third kappa shape index (κ3) is 6.78. The molecule has 0 radical (unpaired) electrons. The fourth-order valence-corrected chi connectivity index (χ4v) is 2.38. The second kappa shape index (κ2) is 9.15. The maximum Gasteiger partial charge on any atom is 0.315 e. The first-order chi connectivity index (χ1) is 9.15. The number of likely N-dealkylation sites (tertiary alicyclic amines) is 1. The number of carbonyl (C=O) groups is 1. The molecule has 112 valence electrons. The molecule has 0 aliphatic carbocycles. The van der Waals surface area contributed by atoms with Gasteiger partial charge in [0.05, 0.1) is 0 Å². The first kappa shape index (κ1) is 16.2. The van der Waals surface area contributed by atoms with Gasteiger partial charge in [-0.15, -0.1) is 0 Å². The molecule has 0 bridgehead atoms. The van der Waals surface area contributed by atoms with Crippen molar-refractivity contribution in [1.82, 2.24) is 15.5 Å². The molecule has 0 spiro atoms. The van der Waals surface area contributed by atoms with Crippen molar-refractivity contribution in [1.29, 1.82) is 0 Å². The first-order valence-electron chi connectivity index (χ1n) is 7.53. The zero-order valence-electron chi connectivity index (χ0n) is 12.3. The lowest BCUT2D eigenvalue weighted by Gasteiger charge is -2.30. The van der Waals surface area contributed by atoms with Gasteiger partial charge in [0.25, 0.3) is 0 Å². The number of aliphatic hydroxyl groups excluding tert-OH is 1. The summed E-state index contributed by atoms with van der Waals surface area (Å²) >= 11 is 0. The fraction of sp³-hybridized carbons (Fsp3) is 0.929. The van der Waals surface area contributed by atoms with Gasteiger partial charge in [0, 0.05) is 25.7 Å². The molecule has 1 aliphatic rings. The molecule has 1 atom stereocenters. The number of piperidine rings is 1. The SMILES string of the molecule is CCC(CCO)NC(=O)NCCN1CCC(C)CC1. The highest BCUT2D eigenvalue weighted by atomic mass is 16.3. The highest BCUT2D eigenvalue weighted by Crippen LogP contribution is 2.14. The van der Waals surface area contributed by atoms with E-state index in [9.17, 15) is 4.79 Å². The number of aliphatic hydroxyl groups is 1. The van der Waals surface area contributed by atoms with Gasteiger partial charge in [-0.05, 0) is 44.7 Å². The van der Waals surface area contributed by atoms with E-state index in [0.29, 0.717) is 13.0 Å². The van der Waals surface area contributed by atoms with Crippen LogP contribution in [0.15, 0.2) is 0 Å². The third-order valence-electron chi connectivity index (χ3n) is 3.90. The molecule has 2 amide bonds. The Bertz CT molecular complexity index is 253. The molecule has 5 nitrogen and oxygen atoms in total. The second-order valence-electron chi connectivity index (χ2n) is 5.54. The van der Waals surface area contributed by atoms with E-state index >= 15 is 0 Å². The van der Waals surface area contributed by atoms with E-state index in [4.69, 9.17) is 5.11 Å². The van der Waals surface area contributed by atoms with Crippen molar-refractivity contribution in [3.05, 3.63) is 0 Å². The van der Waals surface area contributed by atoms with Crippen LogP contribution in [0.5, 0.6) is 0 Å². The monoisotopic (exact) mass is 271 g/mol. The maximum atomic E-state index is 11.7. The predicted molar refractivity (Wildman–Crippen MR) is 77.2 cm³/mol. The van der Waals surface area contributed by atoms with Crippen LogP contribution in [0.4, 0.5) is 4.79 Å². The summed E-state index contributed by atoms with van der Waals surface area (Å²) < 4.78 is 0. The Morgan fingerprint density at radius 3 is 2.68 bits per heavy atom. The zero-order valence-corrected chi connectivity index (χ0v) is 12.3. The number of rotatable bonds is 7. The molecule has 1 fully saturated rings. The van der Waals surface area contributed by atoms with Crippen molar-refractivity contribution >= 4 is 6.03 Å². The van der Waals surface area contributed by atoms with Gasteiger partial charge >= 0.3 is 6.03 Å². The summed E-state index contributed by atoms with van der Waals surface area (Å²) in [4.78, 5) is 14.1. The summed E-state index contributed by atoms with van der Waals surface area (Å²) in [6, 6.07) is -0.0495. The molecule has 19 heavy (non-hydrogen) atoms. The van der Waals surface area contributed by atoms with Gasteiger partial charge in [-0.3, -0.25) is 0 Å². The van der Waals surface area contributed by atoms with Crippen molar-refractivity contribution in [3.63, 3.8) is 0 Å². The number of urea groups is 1. The predicted octanol–water partition coefficient (Wildman–Crippen LogP) is 1.18. The molecule has 1 rings (SSSR count). The Morgan fingerprint density at radius 1 is 1.42 bits per heavy atom. The van der Waals surface area contributed by atoms with Crippen LogP contribution < -0.4 is 10.6 Å². The minimum absolute atomic E-state index is 0.0702. The van der Waals surface area contributed by atoms with E-state index in [1.54, 1.807) is 0 Å². The van der Waals surface area contributed by atoms with E-state index in [1.807, 2.05) is 6.92 Å². The van der Waals surface area contributed by atoms with Crippen LogP contribution in [0.2, 0.25) is 0 Å². The Hall–Kier alpha value is -0.810. The van der Waals surface area contributed by atoms with Crippen LogP contribution in [0, 0.1) is 5.92 Å². The van der Waals surface area contributed by atoms with Crippen molar-refractivity contribution in [2.24, 2.45) is 5.92 Å². The van der Waals surface area contributed by atoms with E-state index in [1.165, 1.54) is 12.8 Å². The summed E-state index contributed by atoms with van der Waals surface area (Å²) in [5, 5.41) is 14.6. The summed E-state index contributed by atoms with van der Waals surface area (Å²) in [6.45, 7) is 8.33. The standard InChI is InChI=1S/C14H29N3O2/c1-3-13(6-11-18)16-14(19)15-7-10-17-8-4-12(2)5-9-17/h12-13,18H,3-11H2,1-2H3,(H2,15,16,19). The molecule has 0 aromatic carbocycles. The van der Waals surface area contributed by atoms with Gasteiger partial charge in [0.15, 0.2) is 0 Å². The number of hydrogen-bond acceptors (Lipinski definition) is 3. The number of carbonyl (C=O) groups excluding carboxylic acids is 1. The molecule has 1 saturated heterocycles. The largest absolute Gasteiger partial charge is 0.396 e. The number of hydrogen-bond donors (Lipinski definition) is 3. The van der Waals surface area contributed by atoms with Gasteiger partial charge in [-0.1, -0.05) is 13.8 Å². The molecular formula is C14H29N3O2. The van der Waals surface area contributed by atoms with Crippen molar-refractivity contribution in [3.8, 4) is 0 Å². The van der Waals surface area contributed by atoms with Gasteiger partial charge in [-0.2, -0.15) is 0 Å². The van der Waals surface area contributed by atoms with Crippen LogP contribution in [-0.2, 0) is 0 Å². The number of nitrogens with zero attached hydrogens (tertiary/aromatic N) is 1. The van der Waals surface area contributed by atoms with Crippen molar-refractivity contribution in [2.75, 3.05) is 32.8 Å². The Labute approximate surface area is 116 Å². The highest BCUT2D eigenvalue weighted by Gasteiger charge is 2.15. The van der Waals surface area contributed by atoms with Crippen molar-refractivity contribution < 1.29 is 9.90 Å². The Morgan fingerprint density at radius 2 is 2.11 bits per heavy atom. The molecule has 5 heteroatoms. The van der Waals surface area contributed by atoms with Crippen LogP contribution in [0.1, 0.15) is 39.5 Å². The molecule has 1 unspecified atom stereocenters.